The number of aromatic hydroxyl groups is 1. The van der Waals surface area contributed by atoms with E-state index in [4.69, 9.17) is 0 Å². The molecule has 0 amide bonds. The van der Waals surface area contributed by atoms with Gasteiger partial charge >= 0.3 is 0 Å². The van der Waals surface area contributed by atoms with Crippen LogP contribution in [0.5, 0.6) is 5.75 Å². The van der Waals surface area contributed by atoms with E-state index in [0.29, 0.717) is 11.7 Å². The van der Waals surface area contributed by atoms with Crippen molar-refractivity contribution in [2.75, 3.05) is 18.0 Å². The summed E-state index contributed by atoms with van der Waals surface area (Å²) in [5.74, 6) is 0.985. The Balaban J connectivity index is 2.22. The van der Waals surface area contributed by atoms with Gasteiger partial charge in [-0.3, -0.25) is 0 Å². The van der Waals surface area contributed by atoms with E-state index in [-0.39, 0.29) is 0 Å². The highest BCUT2D eigenvalue weighted by Gasteiger charge is 2.27. The van der Waals surface area contributed by atoms with Gasteiger partial charge in [0.05, 0.1) is 0 Å². The van der Waals surface area contributed by atoms with E-state index in [2.05, 4.69) is 24.8 Å². The molecule has 1 aromatic carbocycles. The van der Waals surface area contributed by atoms with Crippen LogP contribution in [-0.2, 0) is 12.8 Å². The van der Waals surface area contributed by atoms with Crippen molar-refractivity contribution in [3.63, 3.8) is 0 Å². The van der Waals surface area contributed by atoms with Gasteiger partial charge in [-0.2, -0.15) is 0 Å². The zero-order valence-corrected chi connectivity index (χ0v) is 10.8. The van der Waals surface area contributed by atoms with Crippen LogP contribution in [0.15, 0.2) is 6.07 Å². The van der Waals surface area contributed by atoms with Crippen molar-refractivity contribution in [1.29, 1.82) is 0 Å². The van der Waals surface area contributed by atoms with Crippen LogP contribution in [0.3, 0.4) is 0 Å². The van der Waals surface area contributed by atoms with Gasteiger partial charge in [-0.1, -0.05) is 13.8 Å². The van der Waals surface area contributed by atoms with Crippen molar-refractivity contribution >= 4 is 5.69 Å². The lowest BCUT2D eigenvalue weighted by Crippen LogP contribution is -2.34. The summed E-state index contributed by atoms with van der Waals surface area (Å²) >= 11 is 0. The number of rotatable bonds is 1. The lowest BCUT2D eigenvalue weighted by Gasteiger charge is -2.38. The van der Waals surface area contributed by atoms with Crippen molar-refractivity contribution in [2.24, 2.45) is 0 Å². The summed E-state index contributed by atoms with van der Waals surface area (Å²) in [7, 11) is 0. The Morgan fingerprint density at radius 1 is 1.18 bits per heavy atom. The first-order chi connectivity index (χ1) is 8.18. The first-order valence-corrected chi connectivity index (χ1v) is 6.81. The molecular formula is C15H21NO. The average Bonchev–Trinajstić information content (AvgIpc) is 2.33. The van der Waals surface area contributed by atoms with Crippen LogP contribution in [0.4, 0.5) is 5.69 Å². The summed E-state index contributed by atoms with van der Waals surface area (Å²) in [4.78, 5) is 2.47. The molecule has 0 saturated heterocycles. The lowest BCUT2D eigenvalue weighted by atomic mass is 9.86. The number of hydrogen-bond donors (Lipinski definition) is 1. The molecular weight excluding hydrogens is 210 g/mol. The van der Waals surface area contributed by atoms with Crippen LogP contribution >= 0.6 is 0 Å². The second kappa shape index (κ2) is 3.94. The molecule has 0 saturated carbocycles. The predicted molar refractivity (Wildman–Crippen MR) is 71.1 cm³/mol. The van der Waals surface area contributed by atoms with Crippen LogP contribution in [0, 0.1) is 0 Å². The predicted octanol–water partition coefficient (Wildman–Crippen LogP) is 3.21. The molecule has 2 aliphatic heterocycles. The molecule has 2 heteroatoms. The number of phenolic OH excluding ortho intramolecular Hbond substituents is 1. The molecule has 0 unspecified atom stereocenters. The molecule has 3 rings (SSSR count). The van der Waals surface area contributed by atoms with E-state index in [9.17, 15) is 5.11 Å². The Bertz CT molecular complexity index is 449. The van der Waals surface area contributed by atoms with E-state index in [1.54, 1.807) is 0 Å². The molecule has 0 aromatic heterocycles. The minimum atomic E-state index is 0.411. The van der Waals surface area contributed by atoms with Gasteiger partial charge in [0, 0.05) is 24.3 Å². The average molecular weight is 231 g/mol. The molecule has 0 aliphatic carbocycles. The Morgan fingerprint density at radius 3 is 2.59 bits per heavy atom. The summed E-state index contributed by atoms with van der Waals surface area (Å²) < 4.78 is 0. The molecule has 92 valence electrons. The van der Waals surface area contributed by atoms with Gasteiger partial charge in [-0.25, -0.2) is 0 Å². The Kier molecular flexibility index (Phi) is 2.53. The van der Waals surface area contributed by atoms with E-state index in [1.165, 1.54) is 49.2 Å². The minimum Gasteiger partial charge on any atom is -0.507 e. The highest BCUT2D eigenvalue weighted by atomic mass is 16.3. The van der Waals surface area contributed by atoms with Crippen LogP contribution in [0.25, 0.3) is 0 Å². The van der Waals surface area contributed by atoms with Crippen LogP contribution in [0.2, 0.25) is 0 Å². The molecule has 1 aromatic rings. The van der Waals surface area contributed by atoms with Crippen LogP contribution < -0.4 is 4.90 Å². The molecule has 2 aliphatic rings. The summed E-state index contributed by atoms with van der Waals surface area (Å²) in [6, 6.07) is 2.25. The van der Waals surface area contributed by atoms with E-state index in [1.807, 2.05) is 0 Å². The second-order valence-corrected chi connectivity index (χ2v) is 5.65. The van der Waals surface area contributed by atoms with Crippen molar-refractivity contribution in [2.45, 2.75) is 45.4 Å². The zero-order chi connectivity index (χ0) is 12.0. The third-order valence-corrected chi connectivity index (χ3v) is 4.15. The fraction of sp³-hybridized carbons (Fsp3) is 0.600. The van der Waals surface area contributed by atoms with Gasteiger partial charge in [0.15, 0.2) is 0 Å². The largest absolute Gasteiger partial charge is 0.507 e. The molecule has 2 heterocycles. The van der Waals surface area contributed by atoms with Gasteiger partial charge < -0.3 is 10.0 Å². The maximum Gasteiger partial charge on any atom is 0.124 e. The smallest absolute Gasteiger partial charge is 0.124 e. The third kappa shape index (κ3) is 1.62. The van der Waals surface area contributed by atoms with E-state index >= 15 is 0 Å². The molecule has 0 spiro atoms. The molecule has 0 radical (unpaired) electrons. The topological polar surface area (TPSA) is 23.5 Å². The first kappa shape index (κ1) is 10.9. The molecule has 0 atom stereocenters. The van der Waals surface area contributed by atoms with Gasteiger partial charge in [0.1, 0.15) is 5.75 Å². The number of anilines is 1. The second-order valence-electron chi connectivity index (χ2n) is 5.65. The van der Waals surface area contributed by atoms with Gasteiger partial charge in [-0.05, 0) is 48.8 Å². The number of nitrogens with zero attached hydrogens (tertiary/aromatic N) is 1. The van der Waals surface area contributed by atoms with E-state index in [0.717, 1.165) is 12.0 Å². The zero-order valence-electron chi connectivity index (χ0n) is 10.8. The van der Waals surface area contributed by atoms with Crippen LogP contribution in [0.1, 0.15) is 49.3 Å². The number of aryl methyl sites for hydroxylation is 1. The molecule has 0 fully saturated rings. The molecule has 0 bridgehead atoms. The summed E-state index contributed by atoms with van der Waals surface area (Å²) in [6.45, 7) is 6.66. The highest BCUT2D eigenvalue weighted by Crippen LogP contribution is 2.43. The lowest BCUT2D eigenvalue weighted by molar-refractivity contribution is 0.452. The minimum absolute atomic E-state index is 0.411. The summed E-state index contributed by atoms with van der Waals surface area (Å²) in [5.41, 5.74) is 5.19. The highest BCUT2D eigenvalue weighted by molar-refractivity contribution is 5.69. The van der Waals surface area contributed by atoms with Gasteiger partial charge in [0.2, 0.25) is 0 Å². The van der Waals surface area contributed by atoms with Crippen molar-refractivity contribution in [1.82, 2.24) is 0 Å². The number of hydrogen-bond acceptors (Lipinski definition) is 2. The summed E-state index contributed by atoms with van der Waals surface area (Å²) in [5, 5.41) is 10.4. The number of benzene rings is 1. The number of phenols is 1. The maximum atomic E-state index is 10.4. The van der Waals surface area contributed by atoms with Crippen molar-refractivity contribution < 1.29 is 5.11 Å². The Hall–Kier alpha value is -1.18. The first-order valence-electron chi connectivity index (χ1n) is 6.81. The fourth-order valence-corrected chi connectivity index (χ4v) is 3.31. The third-order valence-electron chi connectivity index (χ3n) is 4.15. The quantitative estimate of drug-likeness (QED) is 0.802. The van der Waals surface area contributed by atoms with Crippen LogP contribution in [-0.4, -0.2) is 18.2 Å². The standard InChI is InChI=1S/C15H21NO/c1-10(2)13-9-11-5-3-7-16-8-4-6-12(14(11)16)15(13)17/h9-10,17H,3-8H2,1-2H3. The Morgan fingerprint density at radius 2 is 1.88 bits per heavy atom. The van der Waals surface area contributed by atoms with E-state index < -0.39 is 0 Å². The van der Waals surface area contributed by atoms with Crippen molar-refractivity contribution in [3.8, 4) is 5.75 Å². The van der Waals surface area contributed by atoms with Gasteiger partial charge in [-0.15, -0.1) is 0 Å². The normalized spacial score (nSPS) is 18.4. The molecule has 2 nitrogen and oxygen atoms in total. The summed E-state index contributed by atoms with van der Waals surface area (Å²) in [6.07, 6.45) is 4.67. The maximum absolute atomic E-state index is 10.4. The fourth-order valence-electron chi connectivity index (χ4n) is 3.31. The van der Waals surface area contributed by atoms with Gasteiger partial charge in [0.25, 0.3) is 0 Å². The molecule has 1 N–H and O–H groups in total. The monoisotopic (exact) mass is 231 g/mol. The molecule has 17 heavy (non-hydrogen) atoms. The van der Waals surface area contributed by atoms with Crippen molar-refractivity contribution in [3.05, 3.63) is 22.8 Å². The Labute approximate surface area is 103 Å². The SMILES string of the molecule is CC(C)c1cc2c3c(c1O)CCCN3CCC2.